The van der Waals surface area contributed by atoms with Crippen molar-refractivity contribution in [3.63, 3.8) is 0 Å². The highest BCUT2D eigenvalue weighted by Crippen LogP contribution is 2.34. The highest BCUT2D eigenvalue weighted by atomic mass is 32.2. The van der Waals surface area contributed by atoms with E-state index >= 15 is 0 Å². The van der Waals surface area contributed by atoms with E-state index in [9.17, 15) is 8.42 Å². The van der Waals surface area contributed by atoms with Crippen LogP contribution in [0.5, 0.6) is 0 Å². The van der Waals surface area contributed by atoms with Gasteiger partial charge >= 0.3 is 0 Å². The van der Waals surface area contributed by atoms with Crippen LogP contribution in [0.3, 0.4) is 0 Å². The number of nitrogens with one attached hydrogen (secondary N) is 1. The van der Waals surface area contributed by atoms with Gasteiger partial charge in [0.25, 0.3) is 0 Å². The molecular formula is C10H8N2O3S. The molecule has 0 aliphatic carbocycles. The molecule has 5 nitrogen and oxygen atoms in total. The lowest BCUT2D eigenvalue weighted by Gasteiger charge is -2.03. The normalized spacial score (nSPS) is 25.6. The summed E-state index contributed by atoms with van der Waals surface area (Å²) in [6, 6.07) is 3.52. The van der Waals surface area contributed by atoms with Crippen LogP contribution in [-0.4, -0.2) is 19.5 Å². The molecule has 1 N–H and O–H groups in total. The Hall–Kier alpha value is -1.66. The molecule has 1 atom stereocenters. The summed E-state index contributed by atoms with van der Waals surface area (Å²) >= 11 is 0. The van der Waals surface area contributed by atoms with Crippen LogP contribution in [0.4, 0.5) is 0 Å². The summed E-state index contributed by atoms with van der Waals surface area (Å²) in [5.74, 6) is 0. The molecule has 0 radical (unpaired) electrons. The Morgan fingerprint density at radius 1 is 1.44 bits per heavy atom. The molecule has 2 aliphatic rings. The molecule has 1 aromatic rings. The van der Waals surface area contributed by atoms with Crippen molar-refractivity contribution in [1.82, 2.24) is 10.5 Å². The minimum atomic E-state index is -3.34. The number of fused-ring (bicyclic) bond motifs is 1. The molecule has 0 bridgehead atoms. The van der Waals surface area contributed by atoms with Crippen LogP contribution in [0, 0.1) is 0 Å². The first-order chi connectivity index (χ1) is 7.68. The number of hydrogen-bond acceptors (Lipinski definition) is 5. The van der Waals surface area contributed by atoms with E-state index in [0.717, 1.165) is 0 Å². The molecule has 0 aromatic carbocycles. The molecule has 1 aromatic heterocycles. The van der Waals surface area contributed by atoms with E-state index in [4.69, 9.17) is 4.84 Å². The largest absolute Gasteiger partial charge is 0.264 e. The number of pyridine rings is 1. The first-order valence-corrected chi connectivity index (χ1v) is 6.23. The van der Waals surface area contributed by atoms with Crippen molar-refractivity contribution in [2.24, 2.45) is 0 Å². The predicted octanol–water partition coefficient (Wildman–Crippen LogP) is 0.596. The van der Waals surface area contributed by atoms with Gasteiger partial charge in [-0.1, -0.05) is 0 Å². The summed E-state index contributed by atoms with van der Waals surface area (Å²) in [7, 11) is -3.34. The van der Waals surface area contributed by atoms with Gasteiger partial charge in [-0.05, 0) is 18.2 Å². The number of aromatic nitrogens is 1. The molecule has 3 rings (SSSR count). The van der Waals surface area contributed by atoms with Crippen LogP contribution in [-0.2, 0) is 14.7 Å². The smallest absolute Gasteiger partial charge is 0.200 e. The monoisotopic (exact) mass is 236 g/mol. The van der Waals surface area contributed by atoms with Gasteiger partial charge in [-0.2, -0.15) is 0 Å². The van der Waals surface area contributed by atoms with Crippen molar-refractivity contribution in [2.45, 2.75) is 6.10 Å². The first kappa shape index (κ1) is 9.56. The highest BCUT2D eigenvalue weighted by Gasteiger charge is 2.38. The average Bonchev–Trinajstić information content (AvgIpc) is 2.82. The Kier molecular flexibility index (Phi) is 1.89. The van der Waals surface area contributed by atoms with Crippen LogP contribution >= 0.6 is 0 Å². The van der Waals surface area contributed by atoms with Gasteiger partial charge in [-0.25, -0.2) is 8.42 Å². The van der Waals surface area contributed by atoms with Gasteiger partial charge in [-0.3, -0.25) is 15.3 Å². The van der Waals surface area contributed by atoms with Gasteiger partial charge in [0.15, 0.2) is 0 Å². The highest BCUT2D eigenvalue weighted by molar-refractivity contribution is 7.98. The molecule has 0 fully saturated rings. The summed E-state index contributed by atoms with van der Waals surface area (Å²) in [4.78, 5) is 9.37. The van der Waals surface area contributed by atoms with Crippen LogP contribution in [0.2, 0.25) is 0 Å². The zero-order chi connectivity index (χ0) is 11.2. The second kappa shape index (κ2) is 3.16. The molecule has 0 saturated heterocycles. The number of hydrogen-bond donors (Lipinski definition) is 1. The second-order valence-corrected chi connectivity index (χ2v) is 5.30. The Morgan fingerprint density at radius 2 is 2.31 bits per heavy atom. The zero-order valence-corrected chi connectivity index (χ0v) is 8.94. The standard InChI is InChI=1S/C10H8N2O3S/c13-16(14)5-3-8-10(16)9(12-15-8)7-2-1-4-11-6-7/h1-6,8,12H. The molecule has 1 unspecified atom stereocenters. The topological polar surface area (TPSA) is 68.3 Å². The maximum absolute atomic E-state index is 11.7. The van der Waals surface area contributed by atoms with Crippen molar-refractivity contribution in [1.29, 1.82) is 0 Å². The number of hydroxylamine groups is 1. The Balaban J connectivity index is 2.20. The van der Waals surface area contributed by atoms with Gasteiger partial charge in [-0.15, -0.1) is 0 Å². The maximum atomic E-state index is 11.7. The van der Waals surface area contributed by atoms with Gasteiger partial charge in [0, 0.05) is 23.4 Å². The quantitative estimate of drug-likeness (QED) is 0.773. The molecule has 82 valence electrons. The fraction of sp³-hybridized carbons (Fsp3) is 0.100. The molecule has 0 spiro atoms. The summed E-state index contributed by atoms with van der Waals surface area (Å²) in [6.07, 6.45) is 4.22. The van der Waals surface area contributed by atoms with Crippen molar-refractivity contribution in [3.05, 3.63) is 46.5 Å². The Labute approximate surface area is 92.3 Å². The number of nitrogens with zero attached hydrogens (tertiary/aromatic N) is 1. The van der Waals surface area contributed by atoms with Gasteiger partial charge in [0.05, 0.1) is 5.70 Å². The fourth-order valence-corrected chi connectivity index (χ4v) is 3.15. The van der Waals surface area contributed by atoms with Gasteiger partial charge < -0.3 is 0 Å². The Morgan fingerprint density at radius 3 is 3.06 bits per heavy atom. The van der Waals surface area contributed by atoms with Crippen molar-refractivity contribution >= 4 is 15.5 Å². The van der Waals surface area contributed by atoms with Crippen molar-refractivity contribution < 1.29 is 13.3 Å². The van der Waals surface area contributed by atoms with E-state index in [2.05, 4.69) is 10.5 Å². The fourth-order valence-electron chi connectivity index (χ4n) is 1.76. The third-order valence-electron chi connectivity index (χ3n) is 2.48. The van der Waals surface area contributed by atoms with E-state index in [0.29, 0.717) is 11.3 Å². The molecule has 0 amide bonds. The van der Waals surface area contributed by atoms with E-state index in [1.165, 1.54) is 11.5 Å². The van der Waals surface area contributed by atoms with E-state index in [-0.39, 0.29) is 4.91 Å². The summed E-state index contributed by atoms with van der Waals surface area (Å²) < 4.78 is 23.5. The maximum Gasteiger partial charge on any atom is 0.200 e. The minimum Gasteiger partial charge on any atom is -0.264 e. The van der Waals surface area contributed by atoms with E-state index in [1.54, 1.807) is 24.5 Å². The molecule has 16 heavy (non-hydrogen) atoms. The average molecular weight is 236 g/mol. The zero-order valence-electron chi connectivity index (χ0n) is 8.12. The lowest BCUT2D eigenvalue weighted by Crippen LogP contribution is -2.09. The molecule has 6 heteroatoms. The van der Waals surface area contributed by atoms with Crippen LogP contribution in [0.1, 0.15) is 5.56 Å². The van der Waals surface area contributed by atoms with Crippen LogP contribution in [0.15, 0.2) is 40.9 Å². The molecule has 0 saturated carbocycles. The van der Waals surface area contributed by atoms with Crippen molar-refractivity contribution in [2.75, 3.05) is 0 Å². The van der Waals surface area contributed by atoms with E-state index in [1.807, 2.05) is 0 Å². The summed E-state index contributed by atoms with van der Waals surface area (Å²) in [5.41, 5.74) is 3.82. The van der Waals surface area contributed by atoms with Gasteiger partial charge in [0.2, 0.25) is 9.84 Å². The van der Waals surface area contributed by atoms with Crippen LogP contribution < -0.4 is 5.48 Å². The second-order valence-electron chi connectivity index (χ2n) is 3.50. The third kappa shape index (κ3) is 1.27. The number of sulfone groups is 1. The van der Waals surface area contributed by atoms with Crippen molar-refractivity contribution in [3.8, 4) is 0 Å². The third-order valence-corrected chi connectivity index (χ3v) is 4.05. The lowest BCUT2D eigenvalue weighted by atomic mass is 10.2. The lowest BCUT2D eigenvalue weighted by molar-refractivity contribution is 0.0777. The molecular weight excluding hydrogens is 228 g/mol. The first-order valence-electron chi connectivity index (χ1n) is 4.68. The molecule has 3 heterocycles. The summed E-state index contributed by atoms with van der Waals surface area (Å²) in [6.45, 7) is 0. The van der Waals surface area contributed by atoms with E-state index < -0.39 is 15.9 Å². The summed E-state index contributed by atoms with van der Waals surface area (Å²) in [5, 5.41) is 1.17. The SMILES string of the molecule is O=S1(=O)C=CC2ONC(c3cccnc3)=C21. The Bertz CT molecular complexity index is 590. The van der Waals surface area contributed by atoms with Gasteiger partial charge in [0.1, 0.15) is 11.0 Å². The minimum absolute atomic E-state index is 0.264. The number of rotatable bonds is 1. The predicted molar refractivity (Wildman–Crippen MR) is 57.2 cm³/mol. The van der Waals surface area contributed by atoms with Crippen LogP contribution in [0.25, 0.3) is 5.70 Å². The molecule has 2 aliphatic heterocycles.